The topological polar surface area (TPSA) is 56.8 Å². The largest absolute Gasteiger partial charge is 0.496 e. The molecule has 0 bridgehead atoms. The first-order chi connectivity index (χ1) is 14.2. The van der Waals surface area contributed by atoms with Crippen LogP contribution >= 0.6 is 0 Å². The van der Waals surface area contributed by atoms with E-state index in [4.69, 9.17) is 14.2 Å². The van der Waals surface area contributed by atoms with Crippen molar-refractivity contribution < 1.29 is 19.0 Å². The number of hydrogen-bond acceptors (Lipinski definition) is 4. The number of carbonyl (C=O) groups excluding carboxylic acids is 1. The van der Waals surface area contributed by atoms with E-state index in [1.165, 1.54) is 0 Å². The van der Waals surface area contributed by atoms with Crippen molar-refractivity contribution in [1.29, 1.82) is 0 Å². The molecule has 0 aliphatic carbocycles. The Balaban J connectivity index is 1.65. The number of nitrogens with one attached hydrogen (secondary N) is 1. The first-order valence-corrected chi connectivity index (χ1v) is 9.58. The fraction of sp³-hybridized carbons (Fsp3) is 0.208. The average molecular weight is 391 g/mol. The van der Waals surface area contributed by atoms with Crippen molar-refractivity contribution in [2.24, 2.45) is 0 Å². The number of ether oxygens (including phenoxy) is 3. The van der Waals surface area contributed by atoms with Gasteiger partial charge in [0.25, 0.3) is 5.91 Å². The Hall–Kier alpha value is -3.31. The van der Waals surface area contributed by atoms with E-state index in [2.05, 4.69) is 12.2 Å². The molecule has 0 heterocycles. The van der Waals surface area contributed by atoms with E-state index in [0.29, 0.717) is 36.0 Å². The van der Waals surface area contributed by atoms with Gasteiger partial charge in [-0.05, 0) is 61.0 Å². The van der Waals surface area contributed by atoms with Crippen molar-refractivity contribution in [2.75, 3.05) is 19.0 Å². The lowest BCUT2D eigenvalue weighted by Gasteiger charge is -2.12. The Morgan fingerprint density at radius 1 is 0.931 bits per heavy atom. The van der Waals surface area contributed by atoms with Crippen molar-refractivity contribution in [3.8, 4) is 17.2 Å². The van der Waals surface area contributed by atoms with Crippen molar-refractivity contribution in [2.45, 2.75) is 20.0 Å². The van der Waals surface area contributed by atoms with Gasteiger partial charge in [0.05, 0.1) is 13.7 Å². The van der Waals surface area contributed by atoms with E-state index >= 15 is 0 Å². The van der Waals surface area contributed by atoms with Crippen molar-refractivity contribution in [1.82, 2.24) is 0 Å². The molecule has 0 aromatic heterocycles. The summed E-state index contributed by atoms with van der Waals surface area (Å²) in [5.74, 6) is 1.98. The highest BCUT2D eigenvalue weighted by molar-refractivity contribution is 6.04. The number of benzene rings is 3. The van der Waals surface area contributed by atoms with E-state index in [1.807, 2.05) is 54.6 Å². The summed E-state index contributed by atoms with van der Waals surface area (Å²) in [6.45, 7) is 3.12. The Kier molecular flexibility index (Phi) is 7.25. The van der Waals surface area contributed by atoms with Crippen LogP contribution in [0.4, 0.5) is 5.69 Å². The number of anilines is 1. The molecule has 0 unspecified atom stereocenters. The van der Waals surface area contributed by atoms with Gasteiger partial charge in [0.2, 0.25) is 0 Å². The Morgan fingerprint density at radius 3 is 2.34 bits per heavy atom. The van der Waals surface area contributed by atoms with Crippen LogP contribution in [0.1, 0.15) is 29.3 Å². The SMILES string of the molecule is CCCOCc1cc(C(=O)Nc2ccc(Oc3ccccc3)cc2)ccc1OC. The van der Waals surface area contributed by atoms with Crippen LogP contribution in [0.3, 0.4) is 0 Å². The molecular formula is C24H25NO4. The van der Waals surface area contributed by atoms with Gasteiger partial charge in [-0.1, -0.05) is 25.1 Å². The minimum atomic E-state index is -0.193. The van der Waals surface area contributed by atoms with Crippen LogP contribution in [0.2, 0.25) is 0 Å². The molecule has 0 aliphatic rings. The fourth-order valence-electron chi connectivity index (χ4n) is 2.79. The summed E-state index contributed by atoms with van der Waals surface area (Å²) >= 11 is 0. The van der Waals surface area contributed by atoms with Gasteiger partial charge in [0.1, 0.15) is 17.2 Å². The van der Waals surface area contributed by atoms with Gasteiger partial charge in [-0.2, -0.15) is 0 Å². The smallest absolute Gasteiger partial charge is 0.255 e. The molecule has 0 saturated heterocycles. The predicted molar refractivity (Wildman–Crippen MR) is 114 cm³/mol. The quantitative estimate of drug-likeness (QED) is 0.478. The molecular weight excluding hydrogens is 366 g/mol. The highest BCUT2D eigenvalue weighted by atomic mass is 16.5. The fourth-order valence-corrected chi connectivity index (χ4v) is 2.79. The summed E-state index contributed by atoms with van der Waals surface area (Å²) in [5.41, 5.74) is 2.08. The van der Waals surface area contributed by atoms with Crippen LogP contribution in [-0.2, 0) is 11.3 Å². The zero-order valence-electron chi connectivity index (χ0n) is 16.7. The van der Waals surface area contributed by atoms with E-state index in [1.54, 1.807) is 25.3 Å². The molecule has 1 amide bonds. The molecule has 0 atom stereocenters. The number of para-hydroxylation sites is 1. The van der Waals surface area contributed by atoms with E-state index in [-0.39, 0.29) is 5.91 Å². The maximum atomic E-state index is 12.6. The molecule has 29 heavy (non-hydrogen) atoms. The Morgan fingerprint density at radius 2 is 1.66 bits per heavy atom. The van der Waals surface area contributed by atoms with Crippen LogP contribution < -0.4 is 14.8 Å². The first-order valence-electron chi connectivity index (χ1n) is 9.58. The normalized spacial score (nSPS) is 10.4. The molecule has 0 spiro atoms. The molecule has 1 N–H and O–H groups in total. The molecule has 0 saturated carbocycles. The predicted octanol–water partition coefficient (Wildman–Crippen LogP) is 5.67. The number of rotatable bonds is 9. The average Bonchev–Trinajstić information content (AvgIpc) is 2.76. The summed E-state index contributed by atoms with van der Waals surface area (Å²) < 4.78 is 16.7. The van der Waals surface area contributed by atoms with Gasteiger partial charge in [0.15, 0.2) is 0 Å². The van der Waals surface area contributed by atoms with Crippen molar-refractivity contribution in [3.05, 3.63) is 83.9 Å². The summed E-state index contributed by atoms with van der Waals surface area (Å²) in [6.07, 6.45) is 0.937. The minimum Gasteiger partial charge on any atom is -0.496 e. The van der Waals surface area contributed by atoms with Gasteiger partial charge in [-0.3, -0.25) is 4.79 Å². The number of methoxy groups -OCH3 is 1. The van der Waals surface area contributed by atoms with Crippen molar-refractivity contribution in [3.63, 3.8) is 0 Å². The Labute approximate surface area is 171 Å². The van der Waals surface area contributed by atoms with E-state index in [9.17, 15) is 4.79 Å². The highest BCUT2D eigenvalue weighted by Crippen LogP contribution is 2.24. The third-order valence-corrected chi connectivity index (χ3v) is 4.24. The maximum absolute atomic E-state index is 12.6. The van der Waals surface area contributed by atoms with Gasteiger partial charge in [-0.25, -0.2) is 0 Å². The third-order valence-electron chi connectivity index (χ3n) is 4.24. The lowest BCUT2D eigenvalue weighted by molar-refractivity contribution is 0.102. The van der Waals surface area contributed by atoms with E-state index in [0.717, 1.165) is 17.7 Å². The first kappa shape index (κ1) is 20.4. The van der Waals surface area contributed by atoms with Gasteiger partial charge >= 0.3 is 0 Å². The standard InChI is InChI=1S/C24H25NO4/c1-3-15-28-17-19-16-18(9-14-23(19)27-2)24(26)25-20-10-12-22(13-11-20)29-21-7-5-4-6-8-21/h4-14,16H,3,15,17H2,1-2H3,(H,25,26). The monoisotopic (exact) mass is 391 g/mol. The van der Waals surface area contributed by atoms with Gasteiger partial charge in [-0.15, -0.1) is 0 Å². The van der Waals surface area contributed by atoms with Gasteiger partial charge < -0.3 is 19.5 Å². The molecule has 0 fully saturated rings. The van der Waals surface area contributed by atoms with Crippen LogP contribution in [0, 0.1) is 0 Å². The molecule has 5 heteroatoms. The second-order valence-electron chi connectivity index (χ2n) is 6.47. The van der Waals surface area contributed by atoms with Crippen LogP contribution in [0.5, 0.6) is 17.2 Å². The number of carbonyl (C=O) groups is 1. The Bertz CT molecular complexity index is 923. The second-order valence-corrected chi connectivity index (χ2v) is 6.47. The summed E-state index contributed by atoms with van der Waals surface area (Å²) in [6, 6.07) is 22.1. The molecule has 0 radical (unpaired) electrons. The number of amides is 1. The molecule has 150 valence electrons. The van der Waals surface area contributed by atoms with Crippen LogP contribution in [0.25, 0.3) is 0 Å². The zero-order chi connectivity index (χ0) is 20.5. The van der Waals surface area contributed by atoms with E-state index < -0.39 is 0 Å². The summed E-state index contributed by atoms with van der Waals surface area (Å²) in [7, 11) is 1.61. The lowest BCUT2D eigenvalue weighted by Crippen LogP contribution is -2.12. The molecule has 3 aromatic rings. The molecule has 0 aliphatic heterocycles. The summed E-state index contributed by atoms with van der Waals surface area (Å²) in [5, 5.41) is 2.91. The van der Waals surface area contributed by atoms with Crippen LogP contribution in [-0.4, -0.2) is 19.6 Å². The molecule has 3 rings (SSSR count). The molecule has 5 nitrogen and oxygen atoms in total. The van der Waals surface area contributed by atoms with Crippen LogP contribution in [0.15, 0.2) is 72.8 Å². The molecule has 3 aromatic carbocycles. The van der Waals surface area contributed by atoms with Gasteiger partial charge in [0, 0.05) is 23.4 Å². The number of hydrogen-bond donors (Lipinski definition) is 1. The second kappa shape index (κ2) is 10.3. The third kappa shape index (κ3) is 5.83. The summed E-state index contributed by atoms with van der Waals surface area (Å²) in [4.78, 5) is 12.6. The van der Waals surface area contributed by atoms with Crippen molar-refractivity contribution >= 4 is 11.6 Å². The lowest BCUT2D eigenvalue weighted by atomic mass is 10.1. The zero-order valence-corrected chi connectivity index (χ0v) is 16.7. The minimum absolute atomic E-state index is 0.193. The maximum Gasteiger partial charge on any atom is 0.255 e. The highest BCUT2D eigenvalue weighted by Gasteiger charge is 2.11.